The van der Waals surface area contributed by atoms with Crippen molar-refractivity contribution in [1.29, 1.82) is 0 Å². The third-order valence-electron chi connectivity index (χ3n) is 5.52. The third-order valence-corrected chi connectivity index (χ3v) is 8.05. The van der Waals surface area contributed by atoms with Gasteiger partial charge >= 0.3 is 0 Å². The summed E-state index contributed by atoms with van der Waals surface area (Å²) in [5.41, 5.74) is 0. The van der Waals surface area contributed by atoms with E-state index >= 15 is 0 Å². The number of amides is 1. The topological polar surface area (TPSA) is 66.5 Å². The summed E-state index contributed by atoms with van der Waals surface area (Å²) in [6, 6.07) is 0.393. The number of halogens is 1. The molecular formula is C15H27ClN2O3S. The van der Waals surface area contributed by atoms with Gasteiger partial charge < -0.3 is 10.2 Å². The molecule has 0 spiro atoms. The van der Waals surface area contributed by atoms with Crippen molar-refractivity contribution in [3.8, 4) is 0 Å². The normalized spacial score (nSPS) is 36.3. The van der Waals surface area contributed by atoms with Crippen molar-refractivity contribution in [3.05, 3.63) is 0 Å². The van der Waals surface area contributed by atoms with Crippen LogP contribution < -0.4 is 5.32 Å². The smallest absolute Gasteiger partial charge is 0.239 e. The van der Waals surface area contributed by atoms with E-state index in [-0.39, 0.29) is 30.1 Å². The number of hydrogen-bond acceptors (Lipinski definition) is 4. The van der Waals surface area contributed by atoms with Crippen LogP contribution in [0, 0.1) is 5.92 Å². The number of fused-ring (bicyclic) bond motifs is 1. The third kappa shape index (κ3) is 3.15. The molecule has 0 aromatic rings. The lowest BCUT2D eigenvalue weighted by Gasteiger charge is -2.38. The highest BCUT2D eigenvalue weighted by Crippen LogP contribution is 2.34. The van der Waals surface area contributed by atoms with Crippen molar-refractivity contribution in [2.75, 3.05) is 18.8 Å². The molecule has 1 N–H and O–H groups in total. The van der Waals surface area contributed by atoms with Crippen LogP contribution in [0.15, 0.2) is 0 Å². The molecule has 3 rings (SSSR count). The molecule has 3 unspecified atom stereocenters. The van der Waals surface area contributed by atoms with Gasteiger partial charge in [-0.3, -0.25) is 4.79 Å². The van der Waals surface area contributed by atoms with E-state index in [1.54, 1.807) is 18.7 Å². The first-order chi connectivity index (χ1) is 9.80. The maximum absolute atomic E-state index is 12.7. The Balaban J connectivity index is 0.00000176. The van der Waals surface area contributed by atoms with Crippen molar-refractivity contribution in [2.45, 2.75) is 62.8 Å². The van der Waals surface area contributed by atoms with Gasteiger partial charge in [0.1, 0.15) is 0 Å². The Morgan fingerprint density at radius 1 is 1.23 bits per heavy atom. The average Bonchev–Trinajstić information content (AvgIpc) is 2.85. The molecule has 1 saturated carbocycles. The molecule has 3 aliphatic rings. The molecule has 3 atom stereocenters. The Hall–Kier alpha value is -0.330. The predicted molar refractivity (Wildman–Crippen MR) is 89.0 cm³/mol. The minimum absolute atomic E-state index is 0. The summed E-state index contributed by atoms with van der Waals surface area (Å²) in [5, 5.41) is 3.50. The monoisotopic (exact) mass is 350 g/mol. The van der Waals surface area contributed by atoms with E-state index in [9.17, 15) is 13.2 Å². The molecule has 1 aliphatic carbocycles. The molecule has 2 aliphatic heterocycles. The largest absolute Gasteiger partial charge is 0.339 e. The van der Waals surface area contributed by atoms with Gasteiger partial charge in [0.25, 0.3) is 0 Å². The molecule has 22 heavy (non-hydrogen) atoms. The zero-order chi connectivity index (χ0) is 15.3. The highest BCUT2D eigenvalue weighted by Gasteiger charge is 2.45. The summed E-state index contributed by atoms with van der Waals surface area (Å²) < 4.78 is 23.3. The van der Waals surface area contributed by atoms with Crippen LogP contribution in [-0.2, 0) is 14.6 Å². The molecule has 128 valence electrons. The van der Waals surface area contributed by atoms with Crippen LogP contribution in [0.1, 0.15) is 46.0 Å². The lowest BCUT2D eigenvalue weighted by Crippen LogP contribution is -2.57. The Kier molecular flexibility index (Phi) is 5.15. The Morgan fingerprint density at radius 2 is 1.91 bits per heavy atom. The van der Waals surface area contributed by atoms with Gasteiger partial charge in [-0.1, -0.05) is 12.8 Å². The standard InChI is InChI=1S/C15H26N2O3S.ClH/c1-15(2)10-17(7-8-21(15,19)20)14(18)13-9-11-5-3-4-6-12(11)16-13;/h11-13,16H,3-10H2,1-2H3;1H. The first kappa shape index (κ1) is 18.0. The number of nitrogens with one attached hydrogen (secondary N) is 1. The number of carbonyl (C=O) groups excluding carboxylic acids is 1. The summed E-state index contributed by atoms with van der Waals surface area (Å²) >= 11 is 0. The molecule has 2 heterocycles. The van der Waals surface area contributed by atoms with E-state index in [0.29, 0.717) is 25.0 Å². The lowest BCUT2D eigenvalue weighted by molar-refractivity contribution is -0.133. The van der Waals surface area contributed by atoms with Crippen LogP contribution >= 0.6 is 12.4 Å². The number of hydrogen-bond donors (Lipinski definition) is 1. The van der Waals surface area contributed by atoms with Gasteiger partial charge in [0, 0.05) is 19.1 Å². The number of sulfone groups is 1. The molecule has 0 radical (unpaired) electrons. The lowest BCUT2D eigenvalue weighted by atomic mass is 9.85. The first-order valence-corrected chi connectivity index (χ1v) is 9.72. The molecule has 2 saturated heterocycles. The second kappa shape index (κ2) is 6.29. The molecule has 1 amide bonds. The van der Waals surface area contributed by atoms with Gasteiger partial charge in [0.2, 0.25) is 5.91 Å². The van der Waals surface area contributed by atoms with Gasteiger partial charge in [-0.05, 0) is 39.0 Å². The van der Waals surface area contributed by atoms with Crippen molar-refractivity contribution in [1.82, 2.24) is 10.2 Å². The van der Waals surface area contributed by atoms with Gasteiger partial charge in [0.05, 0.1) is 16.5 Å². The molecule has 7 heteroatoms. The predicted octanol–water partition coefficient (Wildman–Crippen LogP) is 1.36. The summed E-state index contributed by atoms with van der Waals surface area (Å²) in [6.07, 6.45) is 5.85. The summed E-state index contributed by atoms with van der Waals surface area (Å²) in [6.45, 7) is 4.12. The zero-order valence-electron chi connectivity index (χ0n) is 13.4. The highest BCUT2D eigenvalue weighted by atomic mass is 35.5. The Bertz CT molecular complexity index is 521. The number of carbonyl (C=O) groups is 1. The fraction of sp³-hybridized carbons (Fsp3) is 0.933. The SMILES string of the molecule is CC1(C)CN(C(=O)C2CC3CCCCC3N2)CCS1(=O)=O.Cl. The number of nitrogens with zero attached hydrogens (tertiary/aromatic N) is 1. The minimum atomic E-state index is -3.09. The van der Waals surface area contributed by atoms with Crippen molar-refractivity contribution in [3.63, 3.8) is 0 Å². The fourth-order valence-corrected chi connectivity index (χ4v) is 5.43. The van der Waals surface area contributed by atoms with E-state index in [1.807, 2.05) is 0 Å². The van der Waals surface area contributed by atoms with E-state index in [0.717, 1.165) is 6.42 Å². The van der Waals surface area contributed by atoms with Crippen LogP contribution in [-0.4, -0.2) is 54.9 Å². The summed E-state index contributed by atoms with van der Waals surface area (Å²) in [7, 11) is -3.09. The Labute approximate surface area is 139 Å². The van der Waals surface area contributed by atoms with Gasteiger partial charge in [0.15, 0.2) is 9.84 Å². The molecular weight excluding hydrogens is 324 g/mol. The quantitative estimate of drug-likeness (QED) is 0.775. The molecule has 0 aromatic carbocycles. The maximum Gasteiger partial charge on any atom is 0.239 e. The van der Waals surface area contributed by atoms with E-state index in [1.165, 1.54) is 25.7 Å². The fourth-order valence-electron chi connectivity index (χ4n) is 4.06. The molecule has 5 nitrogen and oxygen atoms in total. The van der Waals surface area contributed by atoms with Gasteiger partial charge in [-0.2, -0.15) is 0 Å². The first-order valence-electron chi connectivity index (χ1n) is 8.07. The van der Waals surface area contributed by atoms with Crippen LogP contribution in [0.5, 0.6) is 0 Å². The van der Waals surface area contributed by atoms with Gasteiger partial charge in [-0.15, -0.1) is 12.4 Å². The van der Waals surface area contributed by atoms with Crippen molar-refractivity contribution in [2.24, 2.45) is 5.92 Å². The van der Waals surface area contributed by atoms with Crippen LogP contribution in [0.3, 0.4) is 0 Å². The van der Waals surface area contributed by atoms with Crippen LogP contribution in [0.2, 0.25) is 0 Å². The molecule has 3 fully saturated rings. The van der Waals surface area contributed by atoms with Crippen molar-refractivity contribution >= 4 is 28.2 Å². The highest BCUT2D eigenvalue weighted by molar-refractivity contribution is 7.92. The summed E-state index contributed by atoms with van der Waals surface area (Å²) in [5.74, 6) is 0.826. The molecule has 0 bridgehead atoms. The van der Waals surface area contributed by atoms with Gasteiger partial charge in [-0.25, -0.2) is 8.42 Å². The van der Waals surface area contributed by atoms with Crippen LogP contribution in [0.4, 0.5) is 0 Å². The van der Waals surface area contributed by atoms with E-state index in [2.05, 4.69) is 5.32 Å². The number of rotatable bonds is 1. The van der Waals surface area contributed by atoms with Crippen LogP contribution in [0.25, 0.3) is 0 Å². The Morgan fingerprint density at radius 3 is 2.55 bits per heavy atom. The second-order valence-corrected chi connectivity index (χ2v) is 10.2. The minimum Gasteiger partial charge on any atom is -0.339 e. The maximum atomic E-state index is 12.7. The molecule has 0 aromatic heterocycles. The average molecular weight is 351 g/mol. The zero-order valence-corrected chi connectivity index (χ0v) is 15.0. The van der Waals surface area contributed by atoms with E-state index < -0.39 is 14.6 Å². The van der Waals surface area contributed by atoms with E-state index in [4.69, 9.17) is 0 Å². The summed E-state index contributed by atoms with van der Waals surface area (Å²) in [4.78, 5) is 14.5. The second-order valence-electron chi connectivity index (χ2n) is 7.44. The van der Waals surface area contributed by atoms with Crippen molar-refractivity contribution < 1.29 is 13.2 Å².